The van der Waals surface area contributed by atoms with E-state index in [1.807, 2.05) is 0 Å². The van der Waals surface area contributed by atoms with Crippen LogP contribution in [0, 0.1) is 11.8 Å². The summed E-state index contributed by atoms with van der Waals surface area (Å²) in [4.78, 5) is 6.08. The quantitative estimate of drug-likeness (QED) is 0.157. The molecule has 0 bridgehead atoms. The molecule has 0 saturated carbocycles. The molecule has 0 amide bonds. The predicted molar refractivity (Wildman–Crippen MR) is 226 cm³/mol. The van der Waals surface area contributed by atoms with Gasteiger partial charge in [-0.1, -0.05) is 196 Å². The molecular formula is C53H47N. The molecule has 1 heterocycles. The smallest absolute Gasteiger partial charge is 0.0778 e. The molecule has 7 aromatic rings. The molecule has 4 atom stereocenters. The van der Waals surface area contributed by atoms with Crippen LogP contribution in [0.5, 0.6) is 0 Å². The third-order valence-corrected chi connectivity index (χ3v) is 12.3. The van der Waals surface area contributed by atoms with Gasteiger partial charge in [0.1, 0.15) is 0 Å². The first kappa shape index (κ1) is 34.0. The Morgan fingerprint density at radius 3 is 1.74 bits per heavy atom. The average molecular weight is 698 g/mol. The van der Waals surface area contributed by atoms with E-state index < -0.39 is 5.41 Å². The van der Waals surface area contributed by atoms with E-state index in [0.29, 0.717) is 11.8 Å². The fourth-order valence-corrected chi connectivity index (χ4v) is 9.85. The summed E-state index contributed by atoms with van der Waals surface area (Å²) >= 11 is 0. The van der Waals surface area contributed by atoms with Gasteiger partial charge in [0, 0.05) is 17.2 Å². The summed E-state index contributed by atoms with van der Waals surface area (Å²) < 4.78 is 0. The summed E-state index contributed by atoms with van der Waals surface area (Å²) in [6.07, 6.45) is 3.26. The maximum Gasteiger partial charge on any atom is 0.0778 e. The Hall–Kier alpha value is -5.79. The predicted octanol–water partition coefficient (Wildman–Crippen LogP) is 13.5. The highest BCUT2D eigenvalue weighted by Gasteiger charge is 2.47. The molecule has 0 saturated heterocycles. The van der Waals surface area contributed by atoms with Crippen molar-refractivity contribution in [1.29, 1.82) is 0 Å². The van der Waals surface area contributed by atoms with Gasteiger partial charge in [-0.2, -0.15) is 0 Å². The first-order chi connectivity index (χ1) is 26.7. The van der Waals surface area contributed by atoms with Crippen LogP contribution in [0.1, 0.15) is 84.0 Å². The molecule has 0 aromatic heterocycles. The van der Waals surface area contributed by atoms with Crippen LogP contribution in [-0.4, -0.2) is 5.71 Å². The number of hydrogen-bond acceptors (Lipinski definition) is 1. The first-order valence-electron chi connectivity index (χ1n) is 19.8. The highest BCUT2D eigenvalue weighted by atomic mass is 14.8. The Balaban J connectivity index is 1.32. The molecule has 1 heteroatoms. The molecule has 0 radical (unpaired) electrons. The molecule has 9 rings (SSSR count). The van der Waals surface area contributed by atoms with Gasteiger partial charge in [-0.3, -0.25) is 4.99 Å². The van der Waals surface area contributed by atoms with E-state index >= 15 is 0 Å². The molecule has 0 N–H and O–H groups in total. The first-order valence-corrected chi connectivity index (χ1v) is 19.8. The molecule has 0 fully saturated rings. The largest absolute Gasteiger partial charge is 0.280 e. The summed E-state index contributed by atoms with van der Waals surface area (Å²) in [5.41, 5.74) is 15.2. The molecule has 0 spiro atoms. The van der Waals surface area contributed by atoms with Gasteiger partial charge >= 0.3 is 0 Å². The van der Waals surface area contributed by atoms with Crippen molar-refractivity contribution >= 4 is 5.71 Å². The monoisotopic (exact) mass is 697 g/mol. The van der Waals surface area contributed by atoms with E-state index in [1.165, 1.54) is 66.9 Å². The van der Waals surface area contributed by atoms with Crippen LogP contribution in [0.15, 0.2) is 193 Å². The van der Waals surface area contributed by atoms with Crippen LogP contribution in [0.2, 0.25) is 0 Å². The second-order valence-corrected chi connectivity index (χ2v) is 15.3. The van der Waals surface area contributed by atoms with Crippen molar-refractivity contribution < 1.29 is 0 Å². The Kier molecular flexibility index (Phi) is 9.17. The van der Waals surface area contributed by atoms with Gasteiger partial charge in [0.2, 0.25) is 0 Å². The lowest BCUT2D eigenvalue weighted by Gasteiger charge is -2.36. The Bertz CT molecular complexity index is 2350. The van der Waals surface area contributed by atoms with Crippen molar-refractivity contribution in [3.63, 3.8) is 0 Å². The SMILES string of the molecule is CCC1C(c2cccc3c2-c2ccccc2C3(c2ccccc2)c2ccccc2)=NC(c2cccc(-c3ccccc3)c2)C(C)CCC1c1ccccc1. The van der Waals surface area contributed by atoms with Crippen LogP contribution >= 0.6 is 0 Å². The summed E-state index contributed by atoms with van der Waals surface area (Å²) in [5.74, 6) is 0.989. The minimum atomic E-state index is -0.454. The number of rotatable bonds is 7. The molecule has 54 heavy (non-hydrogen) atoms. The normalized spacial score (nSPS) is 20.2. The van der Waals surface area contributed by atoms with Crippen molar-refractivity contribution in [3.05, 3.63) is 227 Å². The second-order valence-electron chi connectivity index (χ2n) is 15.3. The molecular weight excluding hydrogens is 651 g/mol. The van der Waals surface area contributed by atoms with E-state index in [4.69, 9.17) is 4.99 Å². The summed E-state index contributed by atoms with van der Waals surface area (Å²) in [5, 5.41) is 0. The lowest BCUT2D eigenvalue weighted by Crippen LogP contribution is -2.30. The second kappa shape index (κ2) is 14.6. The van der Waals surface area contributed by atoms with Gasteiger partial charge in [-0.05, 0) is 92.8 Å². The highest BCUT2D eigenvalue weighted by Crippen LogP contribution is 2.57. The van der Waals surface area contributed by atoms with Gasteiger partial charge in [-0.15, -0.1) is 0 Å². The lowest BCUT2D eigenvalue weighted by atomic mass is 9.67. The third-order valence-electron chi connectivity index (χ3n) is 12.3. The summed E-state index contributed by atoms with van der Waals surface area (Å²) in [7, 11) is 0. The van der Waals surface area contributed by atoms with Gasteiger partial charge < -0.3 is 0 Å². The fourth-order valence-electron chi connectivity index (χ4n) is 9.85. The van der Waals surface area contributed by atoms with Gasteiger partial charge in [-0.25, -0.2) is 0 Å². The van der Waals surface area contributed by atoms with Gasteiger partial charge in [0.05, 0.1) is 11.5 Å². The Morgan fingerprint density at radius 2 is 1.06 bits per heavy atom. The molecule has 1 nitrogen and oxygen atoms in total. The van der Waals surface area contributed by atoms with Crippen LogP contribution in [0.3, 0.4) is 0 Å². The van der Waals surface area contributed by atoms with Crippen LogP contribution in [-0.2, 0) is 5.41 Å². The standard InChI is InChI=1S/C53H47N/c1-3-44-45(39-22-10-5-11-23-39)35-34-37(2)51(41-25-18-24-40(36-41)38-20-8-4-9-21-38)54-52(44)47-31-19-33-49-50(47)46-30-16-17-32-48(46)53(49,42-26-12-6-13-27-42)43-28-14-7-15-29-43/h4-33,36-37,44-45,51H,3,34-35H2,1-2H3. The molecule has 7 aromatic carbocycles. The fraction of sp³-hybridized carbons (Fsp3) is 0.189. The number of nitrogens with zero attached hydrogens (tertiary/aromatic N) is 1. The topological polar surface area (TPSA) is 12.4 Å². The van der Waals surface area contributed by atoms with Crippen molar-refractivity contribution in [3.8, 4) is 22.3 Å². The third kappa shape index (κ3) is 5.75. The number of aliphatic imine (C=N–C) groups is 1. The van der Waals surface area contributed by atoms with Crippen LogP contribution in [0.25, 0.3) is 22.3 Å². The van der Waals surface area contributed by atoms with E-state index in [2.05, 4.69) is 202 Å². The van der Waals surface area contributed by atoms with Crippen molar-refractivity contribution in [2.45, 2.75) is 50.5 Å². The maximum absolute atomic E-state index is 6.08. The molecule has 4 unspecified atom stereocenters. The van der Waals surface area contributed by atoms with Crippen LogP contribution in [0.4, 0.5) is 0 Å². The molecule has 1 aliphatic heterocycles. The van der Waals surface area contributed by atoms with Gasteiger partial charge in [0.25, 0.3) is 0 Å². The number of hydrogen-bond donors (Lipinski definition) is 0. The van der Waals surface area contributed by atoms with Crippen molar-refractivity contribution in [2.24, 2.45) is 16.8 Å². The van der Waals surface area contributed by atoms with E-state index in [1.54, 1.807) is 0 Å². The molecule has 2 aliphatic rings. The van der Waals surface area contributed by atoms with Gasteiger partial charge in [0.15, 0.2) is 0 Å². The zero-order chi connectivity index (χ0) is 36.5. The van der Waals surface area contributed by atoms with E-state index in [0.717, 1.165) is 19.3 Å². The zero-order valence-electron chi connectivity index (χ0n) is 31.3. The highest BCUT2D eigenvalue weighted by molar-refractivity contribution is 6.10. The van der Waals surface area contributed by atoms with E-state index in [-0.39, 0.29) is 12.0 Å². The van der Waals surface area contributed by atoms with Crippen molar-refractivity contribution in [2.75, 3.05) is 0 Å². The molecule has 1 aliphatic carbocycles. The summed E-state index contributed by atoms with van der Waals surface area (Å²) in [6.45, 7) is 4.80. The maximum atomic E-state index is 6.08. The average Bonchev–Trinajstić information content (AvgIpc) is 3.55. The molecule has 264 valence electrons. The summed E-state index contributed by atoms with van der Waals surface area (Å²) in [6, 6.07) is 69.8. The Morgan fingerprint density at radius 1 is 0.519 bits per heavy atom. The number of fused-ring (bicyclic) bond motifs is 3. The minimum absolute atomic E-state index is 0.0370. The van der Waals surface area contributed by atoms with E-state index in [9.17, 15) is 0 Å². The van der Waals surface area contributed by atoms with Crippen molar-refractivity contribution in [1.82, 2.24) is 0 Å². The minimum Gasteiger partial charge on any atom is -0.280 e. The van der Waals surface area contributed by atoms with Crippen LogP contribution < -0.4 is 0 Å². The Labute approximate surface area is 321 Å². The number of benzene rings is 7. The zero-order valence-corrected chi connectivity index (χ0v) is 31.3. The lowest BCUT2D eigenvalue weighted by molar-refractivity contribution is 0.362.